The highest BCUT2D eigenvalue weighted by molar-refractivity contribution is 6.07. The fraction of sp³-hybridized carbons (Fsp3) is 0.111. The Labute approximate surface area is 123 Å². The van der Waals surface area contributed by atoms with Crippen LogP contribution in [-0.2, 0) is 7.05 Å². The van der Waals surface area contributed by atoms with Crippen molar-refractivity contribution in [3.8, 4) is 11.1 Å². The summed E-state index contributed by atoms with van der Waals surface area (Å²) in [6.45, 7) is 2.07. The average molecular weight is 276 g/mol. The topological polar surface area (TPSA) is 34.9 Å². The van der Waals surface area contributed by atoms with Crippen molar-refractivity contribution in [2.45, 2.75) is 6.92 Å². The van der Waals surface area contributed by atoms with E-state index in [2.05, 4.69) is 24.0 Å². The Morgan fingerprint density at radius 3 is 2.62 bits per heavy atom. The maximum Gasteiger partial charge on any atom is 0.228 e. The largest absolute Gasteiger partial charge is 0.331 e. The molecule has 0 bridgehead atoms. The highest BCUT2D eigenvalue weighted by Gasteiger charge is 2.14. The summed E-state index contributed by atoms with van der Waals surface area (Å²) in [7, 11) is 1.82. The van der Waals surface area contributed by atoms with Gasteiger partial charge in [0.05, 0.1) is 0 Å². The van der Waals surface area contributed by atoms with Gasteiger partial charge in [-0.05, 0) is 29.7 Å². The number of aryl methyl sites for hydroxylation is 2. The van der Waals surface area contributed by atoms with Gasteiger partial charge in [0.15, 0.2) is 5.82 Å². The number of imidazole rings is 1. The van der Waals surface area contributed by atoms with Crippen LogP contribution in [0.4, 0.5) is 0 Å². The number of rotatable bonds is 3. The monoisotopic (exact) mass is 276 g/mol. The number of hydrogen-bond donors (Lipinski definition) is 0. The van der Waals surface area contributed by atoms with Crippen LogP contribution in [0.15, 0.2) is 60.9 Å². The third-order valence-corrected chi connectivity index (χ3v) is 3.61. The molecule has 0 saturated heterocycles. The van der Waals surface area contributed by atoms with Crippen molar-refractivity contribution in [3.63, 3.8) is 0 Å². The van der Waals surface area contributed by atoms with Gasteiger partial charge in [0.25, 0.3) is 0 Å². The summed E-state index contributed by atoms with van der Waals surface area (Å²) in [4.78, 5) is 16.6. The zero-order valence-electron chi connectivity index (χ0n) is 12.1. The van der Waals surface area contributed by atoms with Gasteiger partial charge < -0.3 is 4.57 Å². The number of aromatic nitrogens is 2. The first-order valence-electron chi connectivity index (χ1n) is 6.85. The van der Waals surface area contributed by atoms with E-state index in [1.165, 1.54) is 5.56 Å². The van der Waals surface area contributed by atoms with E-state index in [0.29, 0.717) is 11.4 Å². The summed E-state index contributed by atoms with van der Waals surface area (Å²) in [5.41, 5.74) is 4.05. The minimum absolute atomic E-state index is 0.0575. The molecule has 0 aliphatic carbocycles. The summed E-state index contributed by atoms with van der Waals surface area (Å²) in [6, 6.07) is 15.9. The lowest BCUT2D eigenvalue weighted by molar-refractivity contribution is 0.102. The molecule has 0 aliphatic rings. The third kappa shape index (κ3) is 2.50. The lowest BCUT2D eigenvalue weighted by atomic mass is 9.98. The van der Waals surface area contributed by atoms with Crippen molar-refractivity contribution in [2.75, 3.05) is 0 Å². The zero-order valence-corrected chi connectivity index (χ0v) is 12.1. The summed E-state index contributed by atoms with van der Waals surface area (Å²) in [5.74, 6) is 0.398. The van der Waals surface area contributed by atoms with Crippen LogP contribution in [0.5, 0.6) is 0 Å². The summed E-state index contributed by atoms with van der Waals surface area (Å²) >= 11 is 0. The van der Waals surface area contributed by atoms with Crippen molar-refractivity contribution in [2.24, 2.45) is 7.05 Å². The Hall–Kier alpha value is -2.68. The van der Waals surface area contributed by atoms with E-state index in [4.69, 9.17) is 0 Å². The van der Waals surface area contributed by atoms with Gasteiger partial charge in [-0.1, -0.05) is 42.5 Å². The van der Waals surface area contributed by atoms with Gasteiger partial charge in [-0.2, -0.15) is 0 Å². The molecule has 0 amide bonds. The minimum Gasteiger partial charge on any atom is -0.331 e. The van der Waals surface area contributed by atoms with Crippen molar-refractivity contribution < 1.29 is 4.79 Å². The number of ketones is 1. The Balaban J connectivity index is 2.03. The number of nitrogens with zero attached hydrogens (tertiary/aromatic N) is 2. The first-order chi connectivity index (χ1) is 10.2. The van der Waals surface area contributed by atoms with Crippen molar-refractivity contribution >= 4 is 5.78 Å². The molecule has 1 heterocycles. The van der Waals surface area contributed by atoms with E-state index < -0.39 is 0 Å². The first kappa shape index (κ1) is 13.3. The molecule has 0 fully saturated rings. The molecule has 3 rings (SSSR count). The molecule has 3 aromatic rings. The molecule has 3 heteroatoms. The summed E-state index contributed by atoms with van der Waals surface area (Å²) < 4.78 is 1.74. The van der Waals surface area contributed by atoms with E-state index in [1.807, 2.05) is 43.4 Å². The van der Waals surface area contributed by atoms with Gasteiger partial charge in [0, 0.05) is 25.0 Å². The molecule has 21 heavy (non-hydrogen) atoms. The number of carbonyl (C=O) groups is 1. The average Bonchev–Trinajstić information content (AvgIpc) is 2.93. The van der Waals surface area contributed by atoms with Crippen LogP contribution >= 0.6 is 0 Å². The van der Waals surface area contributed by atoms with Gasteiger partial charge in [-0.3, -0.25) is 4.79 Å². The molecule has 0 atom stereocenters. The van der Waals surface area contributed by atoms with Crippen LogP contribution < -0.4 is 0 Å². The molecule has 0 N–H and O–H groups in total. The summed E-state index contributed by atoms with van der Waals surface area (Å²) in [5, 5.41) is 0. The van der Waals surface area contributed by atoms with Gasteiger partial charge >= 0.3 is 0 Å². The van der Waals surface area contributed by atoms with Gasteiger partial charge in [-0.25, -0.2) is 4.98 Å². The van der Waals surface area contributed by atoms with Crippen molar-refractivity contribution in [3.05, 3.63) is 77.9 Å². The second kappa shape index (κ2) is 5.37. The highest BCUT2D eigenvalue weighted by Crippen LogP contribution is 2.24. The maximum absolute atomic E-state index is 12.5. The second-order valence-corrected chi connectivity index (χ2v) is 5.09. The first-order valence-corrected chi connectivity index (χ1v) is 6.85. The number of benzene rings is 2. The normalized spacial score (nSPS) is 10.6. The van der Waals surface area contributed by atoms with Gasteiger partial charge in [0.2, 0.25) is 5.78 Å². The minimum atomic E-state index is -0.0575. The third-order valence-electron chi connectivity index (χ3n) is 3.61. The Morgan fingerprint density at radius 1 is 1.10 bits per heavy atom. The fourth-order valence-corrected chi connectivity index (χ4v) is 2.44. The lowest BCUT2D eigenvalue weighted by Gasteiger charge is -2.08. The van der Waals surface area contributed by atoms with Crippen LogP contribution in [0, 0.1) is 6.92 Å². The fourth-order valence-electron chi connectivity index (χ4n) is 2.44. The molecular formula is C18H16N2O. The molecule has 2 aromatic carbocycles. The predicted molar refractivity (Wildman–Crippen MR) is 83.3 cm³/mol. The quantitative estimate of drug-likeness (QED) is 0.685. The maximum atomic E-state index is 12.5. The summed E-state index contributed by atoms with van der Waals surface area (Å²) in [6.07, 6.45) is 3.41. The molecule has 104 valence electrons. The Bertz CT molecular complexity index is 802. The smallest absolute Gasteiger partial charge is 0.228 e. The Morgan fingerprint density at radius 2 is 1.90 bits per heavy atom. The number of hydrogen-bond acceptors (Lipinski definition) is 2. The SMILES string of the molecule is Cc1ccccc1-c1cccc(C(=O)c2nccn2C)c1. The van der Waals surface area contributed by atoms with E-state index >= 15 is 0 Å². The van der Waals surface area contributed by atoms with Gasteiger partial charge in [-0.15, -0.1) is 0 Å². The highest BCUT2D eigenvalue weighted by atomic mass is 16.1. The van der Waals surface area contributed by atoms with Crippen LogP contribution in [0.2, 0.25) is 0 Å². The van der Waals surface area contributed by atoms with Crippen LogP contribution in [-0.4, -0.2) is 15.3 Å². The van der Waals surface area contributed by atoms with Crippen molar-refractivity contribution in [1.29, 1.82) is 0 Å². The van der Waals surface area contributed by atoms with Crippen LogP contribution in [0.25, 0.3) is 11.1 Å². The molecular weight excluding hydrogens is 260 g/mol. The standard InChI is InChI=1S/C18H16N2O/c1-13-6-3-4-9-16(13)14-7-5-8-15(12-14)17(21)18-19-10-11-20(18)2/h3-12H,1-2H3. The molecule has 0 aliphatic heterocycles. The van der Waals surface area contributed by atoms with E-state index in [9.17, 15) is 4.79 Å². The molecule has 0 spiro atoms. The molecule has 3 nitrogen and oxygen atoms in total. The second-order valence-electron chi connectivity index (χ2n) is 5.09. The van der Waals surface area contributed by atoms with Gasteiger partial charge in [0.1, 0.15) is 0 Å². The zero-order chi connectivity index (χ0) is 14.8. The van der Waals surface area contributed by atoms with E-state index in [-0.39, 0.29) is 5.78 Å². The van der Waals surface area contributed by atoms with Crippen LogP contribution in [0.3, 0.4) is 0 Å². The predicted octanol–water partition coefficient (Wildman–Crippen LogP) is 3.63. The molecule has 0 radical (unpaired) electrons. The molecule has 0 unspecified atom stereocenters. The Kier molecular flexibility index (Phi) is 3.40. The van der Waals surface area contributed by atoms with E-state index in [0.717, 1.165) is 11.1 Å². The molecule has 1 aromatic heterocycles. The van der Waals surface area contributed by atoms with E-state index in [1.54, 1.807) is 17.0 Å². The van der Waals surface area contributed by atoms with Crippen molar-refractivity contribution in [1.82, 2.24) is 9.55 Å². The number of carbonyl (C=O) groups excluding carboxylic acids is 1. The van der Waals surface area contributed by atoms with Crippen LogP contribution in [0.1, 0.15) is 21.7 Å². The molecule has 0 saturated carbocycles. The lowest BCUT2D eigenvalue weighted by Crippen LogP contribution is -2.08.